The van der Waals surface area contributed by atoms with Gasteiger partial charge >= 0.3 is 0 Å². The molecular weight excluding hydrogens is 272 g/mol. The maximum Gasteiger partial charge on any atom is 0.0503 e. The highest BCUT2D eigenvalue weighted by Crippen LogP contribution is 2.41. The highest BCUT2D eigenvalue weighted by Gasteiger charge is 2.46. The zero-order valence-electron chi connectivity index (χ0n) is 14.3. The number of nitrogens with zero attached hydrogens (tertiary/aromatic N) is 2. The Morgan fingerprint density at radius 2 is 2.00 bits per heavy atom. The summed E-state index contributed by atoms with van der Waals surface area (Å²) in [6.07, 6.45) is 3.55. The summed E-state index contributed by atoms with van der Waals surface area (Å²) in [5.74, 6) is 0. The Labute approximate surface area is 134 Å². The minimum Gasteiger partial charge on any atom is -0.396 e. The summed E-state index contributed by atoms with van der Waals surface area (Å²) in [5, 5.41) is 9.99. The molecule has 2 atom stereocenters. The zero-order chi connectivity index (χ0) is 15.7. The lowest BCUT2D eigenvalue weighted by Crippen LogP contribution is -2.61. The number of aliphatic hydroxyl groups excluding tert-OH is 1. The second kappa shape index (κ2) is 6.31. The number of likely N-dealkylation sites (N-methyl/N-ethyl adjacent to an activating group) is 1. The van der Waals surface area contributed by atoms with Crippen LogP contribution in [0.4, 0.5) is 0 Å². The fourth-order valence-electron chi connectivity index (χ4n) is 4.38. The molecule has 122 valence electrons. The topological polar surface area (TPSA) is 26.7 Å². The first kappa shape index (κ1) is 16.0. The van der Waals surface area contributed by atoms with E-state index in [4.69, 9.17) is 0 Å². The molecule has 2 aliphatic heterocycles. The van der Waals surface area contributed by atoms with Crippen LogP contribution < -0.4 is 0 Å². The number of aliphatic hydroxyl groups is 1. The molecule has 0 aliphatic carbocycles. The number of likely N-dealkylation sites (tertiary alicyclic amines) is 2. The number of fused-ring (bicyclic) bond motifs is 1. The molecule has 0 spiro atoms. The van der Waals surface area contributed by atoms with Crippen LogP contribution in [-0.4, -0.2) is 54.2 Å². The van der Waals surface area contributed by atoms with Crippen molar-refractivity contribution in [2.45, 2.75) is 45.7 Å². The van der Waals surface area contributed by atoms with Gasteiger partial charge < -0.3 is 10.0 Å². The molecule has 0 aromatic heterocycles. The fourth-order valence-corrected chi connectivity index (χ4v) is 4.38. The largest absolute Gasteiger partial charge is 0.396 e. The molecule has 1 aromatic carbocycles. The molecule has 0 bridgehead atoms. The van der Waals surface area contributed by atoms with E-state index in [1.165, 1.54) is 36.1 Å². The summed E-state index contributed by atoms with van der Waals surface area (Å²) < 4.78 is 0. The van der Waals surface area contributed by atoms with Gasteiger partial charge in [-0.3, -0.25) is 4.90 Å². The molecule has 2 aliphatic rings. The van der Waals surface area contributed by atoms with E-state index in [0.29, 0.717) is 12.6 Å². The Hall–Kier alpha value is -0.900. The average molecular weight is 302 g/mol. The van der Waals surface area contributed by atoms with Crippen LogP contribution in [0.25, 0.3) is 0 Å². The van der Waals surface area contributed by atoms with Gasteiger partial charge in [-0.1, -0.05) is 18.2 Å². The standard InChI is InChI=1S/C19H30N2O/c1-15-5-6-17(11-16(15)2)12-21-10-8-19(14-22)7-4-9-20(3)18(19)13-21/h5-6,11,18,22H,4,7-10,12-14H2,1-3H3/t18-,19-/m1/s1. The number of hydrogen-bond acceptors (Lipinski definition) is 3. The van der Waals surface area contributed by atoms with E-state index in [2.05, 4.69) is 48.9 Å². The van der Waals surface area contributed by atoms with Crippen molar-refractivity contribution >= 4 is 0 Å². The quantitative estimate of drug-likeness (QED) is 0.930. The lowest BCUT2D eigenvalue weighted by Gasteiger charge is -2.53. The molecule has 2 fully saturated rings. The van der Waals surface area contributed by atoms with Gasteiger partial charge in [0.25, 0.3) is 0 Å². The molecule has 0 unspecified atom stereocenters. The molecule has 3 rings (SSSR count). The van der Waals surface area contributed by atoms with Gasteiger partial charge in [-0.05, 0) is 69.9 Å². The van der Waals surface area contributed by atoms with Crippen LogP contribution >= 0.6 is 0 Å². The van der Waals surface area contributed by atoms with E-state index in [9.17, 15) is 5.11 Å². The van der Waals surface area contributed by atoms with Crippen LogP contribution in [0.3, 0.4) is 0 Å². The van der Waals surface area contributed by atoms with Gasteiger partial charge in [0, 0.05) is 24.5 Å². The van der Waals surface area contributed by atoms with Crippen LogP contribution in [0.2, 0.25) is 0 Å². The van der Waals surface area contributed by atoms with Gasteiger partial charge in [-0.25, -0.2) is 0 Å². The van der Waals surface area contributed by atoms with Crippen molar-refractivity contribution in [1.82, 2.24) is 9.80 Å². The van der Waals surface area contributed by atoms with Crippen molar-refractivity contribution in [3.05, 3.63) is 34.9 Å². The van der Waals surface area contributed by atoms with Crippen LogP contribution in [0.5, 0.6) is 0 Å². The van der Waals surface area contributed by atoms with E-state index < -0.39 is 0 Å². The summed E-state index contributed by atoms with van der Waals surface area (Å²) in [4.78, 5) is 5.05. The first-order valence-electron chi connectivity index (χ1n) is 8.64. The normalized spacial score (nSPS) is 30.3. The van der Waals surface area contributed by atoms with Crippen molar-refractivity contribution in [2.75, 3.05) is 33.3 Å². The summed E-state index contributed by atoms with van der Waals surface area (Å²) in [6.45, 7) is 9.12. The number of rotatable bonds is 3. The number of aryl methyl sites for hydroxylation is 2. The fraction of sp³-hybridized carbons (Fsp3) is 0.684. The third-order valence-corrected chi connectivity index (χ3v) is 6.07. The monoisotopic (exact) mass is 302 g/mol. The predicted molar refractivity (Wildman–Crippen MR) is 91.0 cm³/mol. The molecule has 3 nitrogen and oxygen atoms in total. The molecule has 0 saturated carbocycles. The van der Waals surface area contributed by atoms with Gasteiger partial charge in [0.1, 0.15) is 0 Å². The van der Waals surface area contributed by atoms with Gasteiger partial charge in [0.2, 0.25) is 0 Å². The van der Waals surface area contributed by atoms with Gasteiger partial charge in [-0.15, -0.1) is 0 Å². The van der Waals surface area contributed by atoms with E-state index in [1.807, 2.05) is 0 Å². The molecular formula is C19H30N2O. The molecule has 22 heavy (non-hydrogen) atoms. The number of hydrogen-bond donors (Lipinski definition) is 1. The maximum absolute atomic E-state index is 9.99. The molecule has 0 radical (unpaired) electrons. The van der Waals surface area contributed by atoms with E-state index in [1.54, 1.807) is 0 Å². The van der Waals surface area contributed by atoms with Crippen LogP contribution in [-0.2, 0) is 6.54 Å². The predicted octanol–water partition coefficient (Wildman–Crippen LogP) is 2.58. The van der Waals surface area contributed by atoms with Crippen molar-refractivity contribution in [3.63, 3.8) is 0 Å². The van der Waals surface area contributed by atoms with E-state index in [0.717, 1.165) is 26.1 Å². The Balaban J connectivity index is 1.71. The minimum absolute atomic E-state index is 0.146. The smallest absolute Gasteiger partial charge is 0.0503 e. The summed E-state index contributed by atoms with van der Waals surface area (Å²) in [7, 11) is 2.23. The molecule has 2 heterocycles. The van der Waals surface area contributed by atoms with Crippen molar-refractivity contribution in [3.8, 4) is 0 Å². The van der Waals surface area contributed by atoms with E-state index >= 15 is 0 Å². The van der Waals surface area contributed by atoms with Crippen LogP contribution in [0.15, 0.2) is 18.2 Å². The molecule has 1 N–H and O–H groups in total. The first-order valence-corrected chi connectivity index (χ1v) is 8.64. The lowest BCUT2D eigenvalue weighted by atomic mass is 9.69. The molecule has 0 amide bonds. The average Bonchev–Trinajstić information content (AvgIpc) is 2.52. The molecule has 3 heteroatoms. The highest BCUT2D eigenvalue weighted by atomic mass is 16.3. The first-order chi connectivity index (χ1) is 10.5. The molecule has 2 saturated heterocycles. The van der Waals surface area contributed by atoms with Gasteiger partial charge in [0.05, 0.1) is 6.61 Å². The van der Waals surface area contributed by atoms with Crippen molar-refractivity contribution < 1.29 is 5.11 Å². The van der Waals surface area contributed by atoms with Crippen LogP contribution in [0, 0.1) is 19.3 Å². The van der Waals surface area contributed by atoms with Gasteiger partial charge in [0.15, 0.2) is 0 Å². The summed E-state index contributed by atoms with van der Waals surface area (Å²) in [5.41, 5.74) is 4.31. The minimum atomic E-state index is 0.146. The summed E-state index contributed by atoms with van der Waals surface area (Å²) >= 11 is 0. The highest BCUT2D eigenvalue weighted by molar-refractivity contribution is 5.29. The maximum atomic E-state index is 9.99. The van der Waals surface area contributed by atoms with Crippen LogP contribution in [0.1, 0.15) is 36.0 Å². The SMILES string of the molecule is Cc1ccc(CN2CC[C@@]3(CO)CCCN(C)[C@@H]3C2)cc1C. The third kappa shape index (κ3) is 2.94. The Morgan fingerprint density at radius 1 is 1.18 bits per heavy atom. The number of benzene rings is 1. The lowest BCUT2D eigenvalue weighted by molar-refractivity contribution is -0.0684. The van der Waals surface area contributed by atoms with Crippen molar-refractivity contribution in [2.24, 2.45) is 5.41 Å². The van der Waals surface area contributed by atoms with E-state index in [-0.39, 0.29) is 5.41 Å². The van der Waals surface area contributed by atoms with Gasteiger partial charge in [-0.2, -0.15) is 0 Å². The second-order valence-corrected chi connectivity index (χ2v) is 7.52. The Kier molecular flexibility index (Phi) is 4.58. The Bertz CT molecular complexity index is 530. The summed E-state index contributed by atoms with van der Waals surface area (Å²) in [6, 6.07) is 7.33. The number of piperidine rings is 2. The Morgan fingerprint density at radius 3 is 2.73 bits per heavy atom. The van der Waals surface area contributed by atoms with Crippen molar-refractivity contribution in [1.29, 1.82) is 0 Å². The zero-order valence-corrected chi connectivity index (χ0v) is 14.3. The third-order valence-electron chi connectivity index (χ3n) is 6.07. The second-order valence-electron chi connectivity index (χ2n) is 7.52. The molecule has 1 aromatic rings.